The Morgan fingerprint density at radius 3 is 2.78 bits per heavy atom. The van der Waals surface area contributed by atoms with E-state index in [0.717, 1.165) is 17.6 Å². The van der Waals surface area contributed by atoms with Gasteiger partial charge in [0, 0.05) is 17.6 Å². The zero-order chi connectivity index (χ0) is 13.1. The molecule has 0 bridgehead atoms. The average molecular weight is 312 g/mol. The minimum atomic E-state index is -0.746. The van der Waals surface area contributed by atoms with Crippen LogP contribution in [0.5, 0.6) is 0 Å². The van der Waals surface area contributed by atoms with Crippen molar-refractivity contribution in [3.8, 4) is 0 Å². The summed E-state index contributed by atoms with van der Waals surface area (Å²) in [7, 11) is 0. The Morgan fingerprint density at radius 1 is 1.50 bits per heavy atom. The lowest BCUT2D eigenvalue weighted by molar-refractivity contribution is -0.138. The normalized spacial score (nSPS) is 15.1. The summed E-state index contributed by atoms with van der Waals surface area (Å²) < 4.78 is 1.10. The lowest BCUT2D eigenvalue weighted by Gasteiger charge is -2.20. The van der Waals surface area contributed by atoms with Crippen molar-refractivity contribution in [2.75, 3.05) is 13.1 Å². The fraction of sp³-hybridized carbons (Fsp3) is 0.500. The van der Waals surface area contributed by atoms with E-state index in [2.05, 4.69) is 35.0 Å². The van der Waals surface area contributed by atoms with Gasteiger partial charge in [-0.25, -0.2) is 0 Å². The highest BCUT2D eigenvalue weighted by atomic mass is 79.9. The molecule has 0 aromatic heterocycles. The molecule has 1 fully saturated rings. The quantitative estimate of drug-likeness (QED) is 0.878. The summed E-state index contributed by atoms with van der Waals surface area (Å²) >= 11 is 3.48. The number of nitrogens with zero attached hydrogens (tertiary/aromatic N) is 1. The molecule has 0 amide bonds. The second kappa shape index (κ2) is 5.85. The summed E-state index contributed by atoms with van der Waals surface area (Å²) in [5, 5.41) is 8.94. The Balaban J connectivity index is 2.01. The fourth-order valence-corrected chi connectivity index (χ4v) is 2.35. The van der Waals surface area contributed by atoms with Crippen molar-refractivity contribution in [2.24, 2.45) is 5.92 Å². The largest absolute Gasteiger partial charge is 0.480 e. The predicted molar refractivity (Wildman–Crippen MR) is 74.5 cm³/mol. The first-order chi connectivity index (χ1) is 8.54. The number of halogens is 1. The third-order valence-electron chi connectivity index (χ3n) is 3.20. The second-order valence-corrected chi connectivity index (χ2v) is 5.94. The van der Waals surface area contributed by atoms with Crippen molar-refractivity contribution in [3.05, 3.63) is 33.8 Å². The Morgan fingerprint density at radius 2 is 2.22 bits per heavy atom. The number of carbonyl (C=O) groups is 1. The zero-order valence-electron chi connectivity index (χ0n) is 10.5. The number of carboxylic acid groups (broad SMARTS) is 1. The summed E-state index contributed by atoms with van der Waals surface area (Å²) in [6.07, 6.45) is 2.49. The van der Waals surface area contributed by atoms with Crippen LogP contribution in [0.4, 0.5) is 0 Å². The SMILES string of the molecule is Cc1cc(CN(CC(=O)O)CC2CC2)ccc1Br. The molecule has 0 unspecified atom stereocenters. The molecule has 1 aromatic rings. The van der Waals surface area contributed by atoms with Crippen LogP contribution in [0.3, 0.4) is 0 Å². The van der Waals surface area contributed by atoms with Crippen molar-refractivity contribution < 1.29 is 9.90 Å². The van der Waals surface area contributed by atoms with Gasteiger partial charge in [0.1, 0.15) is 0 Å². The minimum absolute atomic E-state index is 0.131. The van der Waals surface area contributed by atoms with Gasteiger partial charge in [0.15, 0.2) is 0 Å². The molecule has 1 saturated carbocycles. The van der Waals surface area contributed by atoms with Gasteiger partial charge in [0.05, 0.1) is 6.54 Å². The van der Waals surface area contributed by atoms with Crippen LogP contribution in [-0.4, -0.2) is 29.1 Å². The van der Waals surface area contributed by atoms with Crippen molar-refractivity contribution in [2.45, 2.75) is 26.3 Å². The second-order valence-electron chi connectivity index (χ2n) is 5.09. The molecular weight excluding hydrogens is 294 g/mol. The molecule has 0 atom stereocenters. The summed E-state index contributed by atoms with van der Waals surface area (Å²) in [6, 6.07) is 6.20. The molecule has 98 valence electrons. The minimum Gasteiger partial charge on any atom is -0.480 e. The first kappa shape index (κ1) is 13.6. The number of hydrogen-bond acceptors (Lipinski definition) is 2. The van der Waals surface area contributed by atoms with E-state index in [1.807, 2.05) is 11.0 Å². The molecular formula is C14H18BrNO2. The maximum absolute atomic E-state index is 10.9. The summed E-state index contributed by atoms with van der Waals surface area (Å²) in [5.74, 6) is -0.0367. The molecule has 1 N–H and O–H groups in total. The Labute approximate surface area is 116 Å². The van der Waals surface area contributed by atoms with Gasteiger partial charge in [-0.05, 0) is 42.9 Å². The number of aliphatic carboxylic acids is 1. The first-order valence-electron chi connectivity index (χ1n) is 6.24. The number of hydrogen-bond donors (Lipinski definition) is 1. The Hall–Kier alpha value is -0.870. The molecule has 0 spiro atoms. The molecule has 2 rings (SSSR count). The van der Waals surface area contributed by atoms with Gasteiger partial charge in [0.2, 0.25) is 0 Å². The van der Waals surface area contributed by atoms with Crippen molar-refractivity contribution in [1.29, 1.82) is 0 Å². The average Bonchev–Trinajstić information content (AvgIpc) is 3.06. The van der Waals surface area contributed by atoms with E-state index in [4.69, 9.17) is 5.11 Å². The maximum Gasteiger partial charge on any atom is 0.317 e. The van der Waals surface area contributed by atoms with Gasteiger partial charge < -0.3 is 5.11 Å². The summed E-state index contributed by atoms with van der Waals surface area (Å²) in [6.45, 7) is 3.81. The monoisotopic (exact) mass is 311 g/mol. The number of benzene rings is 1. The smallest absolute Gasteiger partial charge is 0.317 e. The molecule has 1 aromatic carbocycles. The molecule has 0 heterocycles. The lowest BCUT2D eigenvalue weighted by Crippen LogP contribution is -2.31. The van der Waals surface area contributed by atoms with Gasteiger partial charge in [-0.2, -0.15) is 0 Å². The molecule has 0 saturated heterocycles. The highest BCUT2D eigenvalue weighted by Gasteiger charge is 2.25. The van der Waals surface area contributed by atoms with Gasteiger partial charge in [-0.1, -0.05) is 28.1 Å². The topological polar surface area (TPSA) is 40.5 Å². The first-order valence-corrected chi connectivity index (χ1v) is 7.03. The number of carboxylic acids is 1. The van der Waals surface area contributed by atoms with Gasteiger partial charge in [0.25, 0.3) is 0 Å². The zero-order valence-corrected chi connectivity index (χ0v) is 12.1. The van der Waals surface area contributed by atoms with Crippen LogP contribution < -0.4 is 0 Å². The maximum atomic E-state index is 10.9. The molecule has 18 heavy (non-hydrogen) atoms. The van der Waals surface area contributed by atoms with Crippen LogP contribution in [0.2, 0.25) is 0 Å². The van der Waals surface area contributed by atoms with Crippen LogP contribution in [0.1, 0.15) is 24.0 Å². The predicted octanol–water partition coefficient (Wildman–Crippen LogP) is 3.05. The molecule has 1 aliphatic rings. The number of aryl methyl sites for hydroxylation is 1. The van der Waals surface area contributed by atoms with E-state index >= 15 is 0 Å². The van der Waals surface area contributed by atoms with E-state index in [0.29, 0.717) is 5.92 Å². The highest BCUT2D eigenvalue weighted by Crippen LogP contribution is 2.30. The molecule has 4 heteroatoms. The summed E-state index contributed by atoms with van der Waals surface area (Å²) in [5.41, 5.74) is 2.37. The molecule has 0 radical (unpaired) electrons. The van der Waals surface area contributed by atoms with Crippen LogP contribution in [-0.2, 0) is 11.3 Å². The van der Waals surface area contributed by atoms with Crippen LogP contribution in [0, 0.1) is 12.8 Å². The van der Waals surface area contributed by atoms with Crippen LogP contribution in [0.25, 0.3) is 0 Å². The lowest BCUT2D eigenvalue weighted by atomic mass is 10.1. The number of rotatable bonds is 6. The van der Waals surface area contributed by atoms with Crippen LogP contribution in [0.15, 0.2) is 22.7 Å². The van der Waals surface area contributed by atoms with Crippen molar-refractivity contribution in [3.63, 3.8) is 0 Å². The van der Waals surface area contributed by atoms with Gasteiger partial charge >= 0.3 is 5.97 Å². The van der Waals surface area contributed by atoms with E-state index in [-0.39, 0.29) is 6.54 Å². The van der Waals surface area contributed by atoms with Crippen LogP contribution >= 0.6 is 15.9 Å². The summed E-state index contributed by atoms with van der Waals surface area (Å²) in [4.78, 5) is 12.9. The molecule has 0 aliphatic heterocycles. The van der Waals surface area contributed by atoms with Gasteiger partial charge in [-0.3, -0.25) is 9.69 Å². The van der Waals surface area contributed by atoms with E-state index in [9.17, 15) is 4.79 Å². The standard InChI is InChI=1S/C14H18BrNO2/c1-10-6-12(4-5-13(10)15)8-16(9-14(17)18)7-11-2-3-11/h4-6,11H,2-3,7-9H2,1H3,(H,17,18). The molecule has 3 nitrogen and oxygen atoms in total. The Bertz CT molecular complexity index is 443. The molecule has 1 aliphatic carbocycles. The third-order valence-corrected chi connectivity index (χ3v) is 4.09. The van der Waals surface area contributed by atoms with E-state index in [1.54, 1.807) is 0 Å². The third kappa shape index (κ3) is 4.10. The van der Waals surface area contributed by atoms with Crippen molar-refractivity contribution in [1.82, 2.24) is 4.90 Å². The van der Waals surface area contributed by atoms with E-state index < -0.39 is 5.97 Å². The fourth-order valence-electron chi connectivity index (χ4n) is 2.11. The highest BCUT2D eigenvalue weighted by molar-refractivity contribution is 9.10. The van der Waals surface area contributed by atoms with Gasteiger partial charge in [-0.15, -0.1) is 0 Å². The Kier molecular flexibility index (Phi) is 4.40. The van der Waals surface area contributed by atoms with Crippen molar-refractivity contribution >= 4 is 21.9 Å². The van der Waals surface area contributed by atoms with E-state index in [1.165, 1.54) is 24.0 Å².